The molecule has 0 heterocycles. The van der Waals surface area contributed by atoms with E-state index in [1.54, 1.807) is 0 Å². The Balaban J connectivity index is 1.58. The van der Waals surface area contributed by atoms with Crippen LogP contribution in [0.1, 0.15) is 65.2 Å². The van der Waals surface area contributed by atoms with Crippen LogP contribution in [0.2, 0.25) is 0 Å². The largest absolute Gasteiger partial charge is 0.463 e. The first kappa shape index (κ1) is 20.8. The zero-order valence-corrected chi connectivity index (χ0v) is 19.2. The molecule has 3 saturated carbocycles. The molecule has 4 nitrogen and oxygen atoms in total. The maximum Gasteiger partial charge on any atom is 0.302 e. The van der Waals surface area contributed by atoms with Gasteiger partial charge in [0.2, 0.25) is 0 Å². The minimum atomic E-state index is -0.554. The molecule has 28 heavy (non-hydrogen) atoms. The Morgan fingerprint density at radius 3 is 2.75 bits per heavy atom. The lowest BCUT2D eigenvalue weighted by molar-refractivity contribution is -0.147. The van der Waals surface area contributed by atoms with Gasteiger partial charge in [0.1, 0.15) is 6.61 Å². The second-order valence-corrected chi connectivity index (χ2v) is 10.7. The van der Waals surface area contributed by atoms with E-state index in [4.69, 9.17) is 4.74 Å². The van der Waals surface area contributed by atoms with Crippen LogP contribution in [-0.4, -0.2) is 34.0 Å². The van der Waals surface area contributed by atoms with Gasteiger partial charge < -0.3 is 9.84 Å². The first-order chi connectivity index (χ1) is 13.3. The third-order valence-corrected chi connectivity index (χ3v) is 10.3. The number of aliphatic hydroxyl groups is 1. The van der Waals surface area contributed by atoms with Gasteiger partial charge in [0, 0.05) is 17.8 Å². The summed E-state index contributed by atoms with van der Waals surface area (Å²) in [7, 11) is 0. The van der Waals surface area contributed by atoms with Crippen LogP contribution in [0.25, 0.3) is 0 Å². The number of halogens is 1. The highest BCUT2D eigenvalue weighted by Gasteiger charge is 2.61. The number of alkyl halides is 1. The van der Waals surface area contributed by atoms with E-state index >= 15 is 0 Å². The molecule has 0 aromatic rings. The lowest BCUT2D eigenvalue weighted by Crippen LogP contribution is -2.53. The Kier molecular flexibility index (Phi) is 5.71. The fourth-order valence-electron chi connectivity index (χ4n) is 7.57. The van der Waals surface area contributed by atoms with E-state index < -0.39 is 6.10 Å². The van der Waals surface area contributed by atoms with Gasteiger partial charge in [-0.05, 0) is 85.5 Å². The topological polar surface area (TPSA) is 63.6 Å². The molecule has 5 heteroatoms. The number of aliphatic hydroxyl groups excluding tert-OH is 1. The van der Waals surface area contributed by atoms with Crippen molar-refractivity contribution in [2.75, 3.05) is 11.0 Å². The number of rotatable bonds is 4. The van der Waals surface area contributed by atoms with E-state index in [1.165, 1.54) is 31.8 Å². The summed E-state index contributed by atoms with van der Waals surface area (Å²) < 4.78 is 6.23. The highest BCUT2D eigenvalue weighted by molar-refractivity contribution is 14.1. The molecule has 4 aliphatic carbocycles. The van der Waals surface area contributed by atoms with Crippen molar-refractivity contribution in [2.45, 2.75) is 71.3 Å². The number of allylic oxidation sites excluding steroid dienone is 1. The molecule has 0 amide bonds. The van der Waals surface area contributed by atoms with Crippen molar-refractivity contribution < 1.29 is 19.4 Å². The van der Waals surface area contributed by atoms with Crippen molar-refractivity contribution in [1.82, 2.24) is 0 Å². The van der Waals surface area contributed by atoms with E-state index in [9.17, 15) is 14.7 Å². The highest BCUT2D eigenvalue weighted by Crippen LogP contribution is 2.67. The van der Waals surface area contributed by atoms with Crippen LogP contribution in [0.4, 0.5) is 0 Å². The van der Waals surface area contributed by atoms with Crippen molar-refractivity contribution >= 4 is 34.3 Å². The maximum atomic E-state index is 12.0. The SMILES string of the molecule is CC(=O)OC[C@@H](O)[C@H]1CC[C@H]2[C@@H]3CCC4=CC(=O)CC[C@]4(C)[C@H]3CC[C@]12CI. The first-order valence-electron chi connectivity index (χ1n) is 10.9. The van der Waals surface area contributed by atoms with Crippen molar-refractivity contribution in [1.29, 1.82) is 0 Å². The van der Waals surface area contributed by atoms with Crippen LogP contribution in [0, 0.1) is 34.5 Å². The molecule has 0 unspecified atom stereocenters. The summed E-state index contributed by atoms with van der Waals surface area (Å²) in [4.78, 5) is 23.2. The van der Waals surface area contributed by atoms with Crippen LogP contribution in [-0.2, 0) is 14.3 Å². The summed E-state index contributed by atoms with van der Waals surface area (Å²) in [6, 6.07) is 0. The first-order valence-corrected chi connectivity index (χ1v) is 12.5. The fraction of sp³-hybridized carbons (Fsp3) is 0.826. The molecule has 0 spiro atoms. The molecule has 0 bridgehead atoms. The monoisotopic (exact) mass is 500 g/mol. The predicted molar refractivity (Wildman–Crippen MR) is 116 cm³/mol. The minimum Gasteiger partial charge on any atom is -0.463 e. The van der Waals surface area contributed by atoms with Crippen LogP contribution < -0.4 is 0 Å². The molecular weight excluding hydrogens is 467 g/mol. The van der Waals surface area contributed by atoms with Gasteiger partial charge in [-0.1, -0.05) is 35.1 Å². The summed E-state index contributed by atoms with van der Waals surface area (Å²) >= 11 is 2.54. The van der Waals surface area contributed by atoms with Gasteiger partial charge in [0.05, 0.1) is 6.10 Å². The zero-order chi connectivity index (χ0) is 20.1. The third-order valence-electron chi connectivity index (χ3n) is 8.92. The van der Waals surface area contributed by atoms with Crippen LogP contribution >= 0.6 is 22.6 Å². The standard InChI is InChI=1S/C23H33IO4/c1-14(25)28-12-21(27)20-6-5-19-17-4-3-15-11-16(26)7-9-22(15,2)18(17)8-10-23(19,20)13-24/h11,17-21,27H,3-10,12-13H2,1-2H3/t17-,18+,19+,20-,21-,22+,23-/m1/s1. The summed E-state index contributed by atoms with van der Waals surface area (Å²) in [6.07, 6.45) is 9.96. The second-order valence-electron chi connectivity index (χ2n) is 9.93. The van der Waals surface area contributed by atoms with Crippen molar-refractivity contribution in [3.8, 4) is 0 Å². The number of carbonyl (C=O) groups excluding carboxylic acids is 2. The number of esters is 1. The summed E-state index contributed by atoms with van der Waals surface area (Å²) in [5, 5.41) is 10.9. The molecule has 7 atom stereocenters. The highest BCUT2D eigenvalue weighted by atomic mass is 127. The van der Waals surface area contributed by atoms with Gasteiger partial charge in [-0.2, -0.15) is 0 Å². The van der Waals surface area contributed by atoms with E-state index in [0.717, 1.165) is 30.1 Å². The Bertz CT molecular complexity index is 688. The number of fused-ring (bicyclic) bond motifs is 5. The number of carbonyl (C=O) groups is 2. The van der Waals surface area contributed by atoms with Gasteiger partial charge in [0.15, 0.2) is 5.78 Å². The zero-order valence-electron chi connectivity index (χ0n) is 17.1. The maximum absolute atomic E-state index is 12.0. The van der Waals surface area contributed by atoms with Gasteiger partial charge in [-0.15, -0.1) is 0 Å². The lowest BCUT2D eigenvalue weighted by Gasteiger charge is -2.59. The van der Waals surface area contributed by atoms with Gasteiger partial charge in [-0.25, -0.2) is 0 Å². The molecule has 4 aliphatic rings. The Morgan fingerprint density at radius 1 is 1.25 bits per heavy atom. The van der Waals surface area contributed by atoms with Crippen LogP contribution in [0.3, 0.4) is 0 Å². The molecule has 0 aromatic carbocycles. The number of ketones is 1. The molecule has 1 N–H and O–H groups in total. The minimum absolute atomic E-state index is 0.131. The van der Waals surface area contributed by atoms with Crippen molar-refractivity contribution in [3.63, 3.8) is 0 Å². The fourth-order valence-corrected chi connectivity index (χ4v) is 9.08. The lowest BCUT2D eigenvalue weighted by atomic mass is 9.46. The molecule has 4 rings (SSSR count). The van der Waals surface area contributed by atoms with Gasteiger partial charge in [-0.3, -0.25) is 9.59 Å². The second kappa shape index (κ2) is 7.68. The van der Waals surface area contributed by atoms with Crippen LogP contribution in [0.15, 0.2) is 11.6 Å². The summed E-state index contributed by atoms with van der Waals surface area (Å²) in [5.74, 6) is 2.25. The number of hydrogen-bond donors (Lipinski definition) is 1. The Hall–Kier alpha value is -0.430. The number of ether oxygens (including phenoxy) is 1. The molecule has 0 radical (unpaired) electrons. The van der Waals surface area contributed by atoms with Gasteiger partial charge >= 0.3 is 5.97 Å². The molecule has 0 aliphatic heterocycles. The molecule has 3 fully saturated rings. The quantitative estimate of drug-likeness (QED) is 0.352. The van der Waals surface area contributed by atoms with Gasteiger partial charge in [0.25, 0.3) is 0 Å². The van der Waals surface area contributed by atoms with Crippen molar-refractivity contribution in [2.24, 2.45) is 34.5 Å². The van der Waals surface area contributed by atoms with Crippen molar-refractivity contribution in [3.05, 3.63) is 11.6 Å². The van der Waals surface area contributed by atoms with E-state index in [-0.39, 0.29) is 29.3 Å². The average molecular weight is 500 g/mol. The number of hydrogen-bond acceptors (Lipinski definition) is 4. The molecule has 0 aromatic heterocycles. The van der Waals surface area contributed by atoms with E-state index in [0.29, 0.717) is 30.0 Å². The van der Waals surface area contributed by atoms with E-state index in [2.05, 4.69) is 29.5 Å². The molecule has 156 valence electrons. The smallest absolute Gasteiger partial charge is 0.302 e. The summed E-state index contributed by atoms with van der Waals surface area (Å²) in [6.45, 7) is 3.96. The normalized spacial score (nSPS) is 43.4. The predicted octanol–water partition coefficient (Wildman–Crippen LogP) is 4.47. The Labute approximate surface area is 182 Å². The molecule has 0 saturated heterocycles. The average Bonchev–Trinajstić information content (AvgIpc) is 3.07. The Morgan fingerprint density at radius 2 is 2.04 bits per heavy atom. The summed E-state index contributed by atoms with van der Waals surface area (Å²) in [5.41, 5.74) is 1.78. The van der Waals surface area contributed by atoms with E-state index in [1.807, 2.05) is 6.08 Å². The van der Waals surface area contributed by atoms with Crippen LogP contribution in [0.5, 0.6) is 0 Å². The third kappa shape index (κ3) is 3.19. The molecular formula is C23H33IO4.